The first-order valence-corrected chi connectivity index (χ1v) is 9.29. The first-order valence-electron chi connectivity index (χ1n) is 6.92. The fourth-order valence-electron chi connectivity index (χ4n) is 2.64. The normalized spacial score (nSPS) is 11.1. The molecular formula is C19H17PS. The first-order chi connectivity index (χ1) is 10.4. The molecule has 0 radical (unpaired) electrons. The molecule has 0 heterocycles. The average Bonchev–Trinajstić information content (AvgIpc) is 2.59. The number of hydrogen-bond acceptors (Lipinski definition) is 0. The minimum absolute atomic E-state index is 1.33. The molecule has 0 fully saturated rings. The molecule has 0 aromatic heterocycles. The van der Waals surface area contributed by atoms with Gasteiger partial charge < -0.3 is 0 Å². The van der Waals surface area contributed by atoms with E-state index in [1.54, 1.807) is 0 Å². The lowest BCUT2D eigenvalue weighted by Crippen LogP contribution is -2.26. The predicted octanol–water partition coefficient (Wildman–Crippen LogP) is 3.67. The summed E-state index contributed by atoms with van der Waals surface area (Å²) >= 11 is 4.66. The Hall–Kier alpha value is -1.69. The summed E-state index contributed by atoms with van der Waals surface area (Å²) in [5.41, 5.74) is 0. The molecule has 0 aliphatic rings. The van der Waals surface area contributed by atoms with Crippen molar-refractivity contribution in [3.8, 4) is 0 Å². The summed E-state index contributed by atoms with van der Waals surface area (Å²) in [5.74, 6) is 0. The van der Waals surface area contributed by atoms with E-state index in [0.717, 1.165) is 0 Å². The van der Waals surface area contributed by atoms with Gasteiger partial charge in [0.2, 0.25) is 0 Å². The summed E-state index contributed by atoms with van der Waals surface area (Å²) in [4.78, 5) is 0. The summed E-state index contributed by atoms with van der Waals surface area (Å²) < 4.78 is 0. The highest BCUT2D eigenvalue weighted by molar-refractivity contribution is 8.12. The fourth-order valence-corrected chi connectivity index (χ4v) is 7.06. The molecule has 0 nitrogen and oxygen atoms in total. The Bertz CT molecular complexity index is 646. The van der Waals surface area contributed by atoms with E-state index in [0.29, 0.717) is 0 Å². The molecule has 0 N–H and O–H groups in total. The van der Waals surface area contributed by atoms with Gasteiger partial charge in [-0.1, -0.05) is 91.0 Å². The molecule has 0 aliphatic heterocycles. The summed E-state index contributed by atoms with van der Waals surface area (Å²) in [6, 6.07) is 32.1. The Balaban J connectivity index is 2.35. The Kier molecular flexibility index (Phi) is 4.34. The van der Waals surface area contributed by atoms with Crippen LogP contribution in [0.15, 0.2) is 91.0 Å². The van der Waals surface area contributed by atoms with E-state index in [9.17, 15) is 0 Å². The zero-order valence-corrected chi connectivity index (χ0v) is 13.4. The first kappa shape index (κ1) is 14.3. The number of rotatable bonds is 3. The maximum Gasteiger partial charge on any atom is -0.0156 e. The van der Waals surface area contributed by atoms with Crippen LogP contribution in [-0.4, -0.2) is 5.13 Å². The standard InChI is InChI=1S/C19H17PS/c21-16-20(17-10-4-1-5-11-17,18-12-6-2-7-13-18)19-14-8-3-9-15-19/h1-16,21H. The Labute approximate surface area is 131 Å². The van der Waals surface area contributed by atoms with Gasteiger partial charge in [0, 0.05) is 0 Å². The maximum atomic E-state index is 4.66. The summed E-state index contributed by atoms with van der Waals surface area (Å²) in [5, 5.41) is 6.10. The molecule has 104 valence electrons. The molecule has 2 heteroatoms. The molecule has 0 unspecified atom stereocenters. The summed E-state index contributed by atoms with van der Waals surface area (Å²) in [7, 11) is 0. The van der Waals surface area contributed by atoms with Crippen LogP contribution in [0, 0.1) is 0 Å². The van der Waals surface area contributed by atoms with E-state index in [1.165, 1.54) is 15.9 Å². The van der Waals surface area contributed by atoms with Crippen LogP contribution in [0.4, 0.5) is 0 Å². The van der Waals surface area contributed by atoms with Crippen LogP contribution in [-0.2, 0) is 0 Å². The molecule has 0 saturated heterocycles. The highest BCUT2D eigenvalue weighted by atomic mass is 32.1. The van der Waals surface area contributed by atoms with Crippen LogP contribution in [0.5, 0.6) is 0 Å². The van der Waals surface area contributed by atoms with Crippen molar-refractivity contribution in [2.24, 2.45) is 0 Å². The van der Waals surface area contributed by atoms with Gasteiger partial charge in [-0.15, -0.1) is 0 Å². The van der Waals surface area contributed by atoms with Crippen molar-refractivity contribution < 1.29 is 0 Å². The lowest BCUT2D eigenvalue weighted by Gasteiger charge is -2.27. The molecule has 0 spiro atoms. The van der Waals surface area contributed by atoms with Gasteiger partial charge in [-0.3, -0.25) is 0 Å². The SMILES string of the molecule is SC=P(c1ccccc1)(c1ccccc1)c1ccccc1. The van der Waals surface area contributed by atoms with Gasteiger partial charge >= 0.3 is 0 Å². The molecule has 3 aromatic rings. The van der Waals surface area contributed by atoms with E-state index in [-0.39, 0.29) is 0 Å². The average molecular weight is 308 g/mol. The molecule has 0 amide bonds. The monoisotopic (exact) mass is 308 g/mol. The molecule has 21 heavy (non-hydrogen) atoms. The number of thiol groups is 1. The quantitative estimate of drug-likeness (QED) is 0.554. The Morgan fingerprint density at radius 2 is 0.810 bits per heavy atom. The molecule has 0 bridgehead atoms. The van der Waals surface area contributed by atoms with E-state index in [4.69, 9.17) is 0 Å². The summed E-state index contributed by atoms with van der Waals surface area (Å²) in [6.45, 7) is -1.79. The minimum Gasteiger partial charge on any atom is -0.150 e. The Morgan fingerprint density at radius 1 is 0.524 bits per heavy atom. The molecular weight excluding hydrogens is 291 g/mol. The number of benzene rings is 3. The molecule has 0 atom stereocenters. The van der Waals surface area contributed by atoms with Gasteiger partial charge in [-0.25, -0.2) is 0 Å². The third-order valence-corrected chi connectivity index (χ3v) is 8.39. The van der Waals surface area contributed by atoms with Crippen molar-refractivity contribution in [1.82, 2.24) is 0 Å². The largest absolute Gasteiger partial charge is 0.150 e. The van der Waals surface area contributed by atoms with Gasteiger partial charge in [-0.2, -0.15) is 12.6 Å². The van der Waals surface area contributed by atoms with E-state index >= 15 is 0 Å². The van der Waals surface area contributed by atoms with Crippen LogP contribution in [0.25, 0.3) is 0 Å². The van der Waals surface area contributed by atoms with E-state index < -0.39 is 6.89 Å². The second-order valence-electron chi connectivity index (χ2n) is 4.84. The fraction of sp³-hybridized carbons (Fsp3) is 0. The van der Waals surface area contributed by atoms with Crippen molar-refractivity contribution in [3.63, 3.8) is 0 Å². The highest BCUT2D eigenvalue weighted by Gasteiger charge is 2.23. The van der Waals surface area contributed by atoms with Crippen LogP contribution in [0.1, 0.15) is 0 Å². The molecule has 3 rings (SSSR count). The molecule has 3 aromatic carbocycles. The van der Waals surface area contributed by atoms with Crippen molar-refractivity contribution in [3.05, 3.63) is 91.0 Å². The van der Waals surface area contributed by atoms with Crippen molar-refractivity contribution in [2.75, 3.05) is 0 Å². The van der Waals surface area contributed by atoms with Gasteiger partial charge in [0.1, 0.15) is 0 Å². The zero-order chi connectivity index (χ0) is 14.5. The molecule has 0 aliphatic carbocycles. The zero-order valence-electron chi connectivity index (χ0n) is 11.6. The van der Waals surface area contributed by atoms with Gasteiger partial charge in [-0.05, 0) is 27.9 Å². The lowest BCUT2D eigenvalue weighted by atomic mass is 10.4. The maximum absolute atomic E-state index is 4.66. The minimum atomic E-state index is -1.79. The van der Waals surface area contributed by atoms with Crippen LogP contribution in [0.3, 0.4) is 0 Å². The van der Waals surface area contributed by atoms with E-state index in [2.05, 4.69) is 109 Å². The van der Waals surface area contributed by atoms with Crippen molar-refractivity contribution >= 4 is 40.6 Å². The third-order valence-electron chi connectivity index (χ3n) is 3.66. The third kappa shape index (κ3) is 2.60. The predicted molar refractivity (Wildman–Crippen MR) is 100 cm³/mol. The van der Waals surface area contributed by atoms with Gasteiger partial charge in [0.25, 0.3) is 0 Å². The van der Waals surface area contributed by atoms with Crippen molar-refractivity contribution in [1.29, 1.82) is 0 Å². The smallest absolute Gasteiger partial charge is 0.0156 e. The van der Waals surface area contributed by atoms with Crippen LogP contribution in [0.2, 0.25) is 0 Å². The lowest BCUT2D eigenvalue weighted by molar-refractivity contribution is 1.73. The Morgan fingerprint density at radius 3 is 1.05 bits per heavy atom. The van der Waals surface area contributed by atoms with Crippen LogP contribution < -0.4 is 15.9 Å². The molecule has 0 saturated carbocycles. The van der Waals surface area contributed by atoms with Gasteiger partial charge in [0.05, 0.1) is 0 Å². The van der Waals surface area contributed by atoms with Gasteiger partial charge in [0.15, 0.2) is 0 Å². The summed E-state index contributed by atoms with van der Waals surface area (Å²) in [6.07, 6.45) is 0. The van der Waals surface area contributed by atoms with Crippen LogP contribution >= 0.6 is 19.5 Å². The number of hydrogen-bond donors (Lipinski definition) is 1. The van der Waals surface area contributed by atoms with E-state index in [1.807, 2.05) is 0 Å². The van der Waals surface area contributed by atoms with Crippen molar-refractivity contribution in [2.45, 2.75) is 0 Å². The topological polar surface area (TPSA) is 0 Å². The second-order valence-corrected chi connectivity index (χ2v) is 8.76. The highest BCUT2D eigenvalue weighted by Crippen LogP contribution is 2.43. The second kappa shape index (κ2) is 6.39.